The van der Waals surface area contributed by atoms with Gasteiger partial charge in [-0.15, -0.1) is 0 Å². The summed E-state index contributed by atoms with van der Waals surface area (Å²) in [6.07, 6.45) is 0. The molecule has 3 rings (SSSR count). The molecule has 3 heterocycles. The molecule has 3 aliphatic heterocycles. The molecule has 4 radical (unpaired) electrons. The zero-order valence-electron chi connectivity index (χ0n) is 10.5. The fraction of sp³-hybridized carbons (Fsp3) is 0.500. The molecule has 0 aromatic heterocycles. The monoisotopic (exact) mass is 594 g/mol. The van der Waals surface area contributed by atoms with Crippen LogP contribution < -0.4 is 0 Å². The Morgan fingerprint density at radius 2 is 1.06 bits per heavy atom. The number of hydrogen-bond acceptors (Lipinski definition) is 5. The number of fused-ring (bicyclic) bond motifs is 5. The summed E-state index contributed by atoms with van der Waals surface area (Å²) in [7, 11) is -6.98. The third-order valence-corrected chi connectivity index (χ3v) is 49.9. The van der Waals surface area contributed by atoms with Gasteiger partial charge in [0.05, 0.1) is 0 Å². The van der Waals surface area contributed by atoms with Crippen LogP contribution in [-0.2, 0) is 20.6 Å². The van der Waals surface area contributed by atoms with Gasteiger partial charge < -0.3 is 35.4 Å². The summed E-state index contributed by atoms with van der Waals surface area (Å²) in [5, 5.41) is 0. The van der Waals surface area contributed by atoms with Crippen molar-refractivity contribution in [3.63, 3.8) is 0 Å². The van der Waals surface area contributed by atoms with Crippen LogP contribution >= 0.6 is 0 Å². The molecule has 4 unspecified atom stereocenters. The van der Waals surface area contributed by atoms with E-state index in [9.17, 15) is 0 Å². The second kappa shape index (κ2) is 9.77. The van der Waals surface area contributed by atoms with Gasteiger partial charge in [-0.2, -0.15) is 0 Å². The Balaban J connectivity index is 0. The molecule has 5 nitrogen and oxygen atoms in total. The topological polar surface area (TPSA) is 46.2 Å². The largest absolute Gasteiger partial charge is 0.546 e. The van der Waals surface area contributed by atoms with Crippen molar-refractivity contribution in [2.75, 3.05) is 0 Å². The molecule has 94 valence electrons. The van der Waals surface area contributed by atoms with Crippen molar-refractivity contribution in [2.45, 2.75) is 13.1 Å². The van der Waals surface area contributed by atoms with E-state index >= 15 is 0 Å². The third-order valence-electron chi connectivity index (χ3n) is 2.44. The van der Waals surface area contributed by atoms with Crippen LogP contribution in [-0.4, -0.2) is 52.3 Å². The van der Waals surface area contributed by atoms with Crippen LogP contribution in [0.1, 0.15) is 0 Å². The van der Waals surface area contributed by atoms with Crippen molar-refractivity contribution in [3.8, 4) is 0 Å². The Morgan fingerprint density at radius 1 is 0.706 bits per heavy atom. The van der Waals surface area contributed by atoms with E-state index in [-0.39, 0.29) is 97.4 Å². The van der Waals surface area contributed by atoms with Gasteiger partial charge in [-0.05, 0) is 13.1 Å². The molecule has 3 saturated heterocycles. The van der Waals surface area contributed by atoms with Crippen LogP contribution in [0, 0.1) is 97.4 Å². The molecule has 4 atom stereocenters. The fourth-order valence-electron chi connectivity index (χ4n) is 1.74. The van der Waals surface area contributed by atoms with Gasteiger partial charge >= 0.3 is 19.1 Å². The van der Waals surface area contributed by atoms with E-state index in [1.54, 1.807) is 0 Å². The molecule has 0 amide bonds. The minimum atomic E-state index is -1.38. The standard InChI is InChI=1S/C2H10O5Si6.2CH3.2Pr/c1-8-3-10-5-11-4-9(2)13(7-11)12(8)6-10;;;;/h8-9,12-13H,1-2H3;2*1H3;;/q;2*-1;;. The minimum absolute atomic E-state index is 0. The predicted molar refractivity (Wildman–Crippen MR) is 70.1 cm³/mol. The van der Waals surface area contributed by atoms with E-state index in [0.29, 0.717) is 0 Å². The predicted octanol–water partition coefficient (Wildman–Crippen LogP) is -1.63. The van der Waals surface area contributed by atoms with Gasteiger partial charge in [0.25, 0.3) is 0 Å². The first kappa shape index (κ1) is 23.1. The van der Waals surface area contributed by atoms with Gasteiger partial charge in [0.1, 0.15) is 0 Å². The minimum Gasteiger partial charge on any atom is -0.417 e. The third kappa shape index (κ3) is 4.91. The van der Waals surface area contributed by atoms with E-state index in [1.165, 1.54) is 0 Å². The van der Waals surface area contributed by atoms with Crippen LogP contribution in [0.3, 0.4) is 0 Å². The van der Waals surface area contributed by atoms with Gasteiger partial charge in [0.2, 0.25) is 0 Å². The molecule has 0 saturated carbocycles. The zero-order valence-corrected chi connectivity index (χ0v) is 24.5. The summed E-state index contributed by atoms with van der Waals surface area (Å²) in [6.45, 7) is 4.48. The molecule has 17 heavy (non-hydrogen) atoms. The van der Waals surface area contributed by atoms with Crippen LogP contribution in [0.2, 0.25) is 13.1 Å². The molecule has 3 aliphatic rings. The van der Waals surface area contributed by atoms with Gasteiger partial charge in [-0.3, -0.25) is 0 Å². The van der Waals surface area contributed by atoms with Crippen molar-refractivity contribution >= 4 is 52.3 Å². The molecule has 0 spiro atoms. The maximum absolute atomic E-state index is 5.91. The fourth-order valence-corrected chi connectivity index (χ4v) is 67.7. The Morgan fingerprint density at radius 3 is 1.41 bits per heavy atom. The van der Waals surface area contributed by atoms with E-state index in [2.05, 4.69) is 13.1 Å². The molecule has 4 bridgehead atoms. The van der Waals surface area contributed by atoms with Crippen molar-refractivity contribution in [1.82, 2.24) is 0 Å². The first-order chi connectivity index (χ1) is 6.24. The Bertz CT molecular complexity index is 214. The summed E-state index contributed by atoms with van der Waals surface area (Å²) >= 11 is 0. The number of hydrogen-bond donors (Lipinski definition) is 0. The van der Waals surface area contributed by atoms with E-state index < -0.39 is 52.3 Å². The molecule has 0 aliphatic carbocycles. The van der Waals surface area contributed by atoms with Crippen molar-refractivity contribution < 1.29 is 103 Å². The average Bonchev–Trinajstić information content (AvgIpc) is 2.48. The summed E-state index contributed by atoms with van der Waals surface area (Å²) < 4.78 is 29.0. The first-order valence-electron chi connectivity index (χ1n) is 4.32. The maximum Gasteiger partial charge on any atom is 0.546 e. The van der Waals surface area contributed by atoms with Crippen molar-refractivity contribution in [1.29, 1.82) is 0 Å². The Kier molecular flexibility index (Phi) is 13.3. The van der Waals surface area contributed by atoms with E-state index in [0.717, 1.165) is 0 Å². The summed E-state index contributed by atoms with van der Waals surface area (Å²) in [4.78, 5) is 0. The second-order valence-electron chi connectivity index (χ2n) is 3.41. The SMILES string of the molecule is C[SiH]1O[Si]2O[Si]3O[SiH](C)[SiH](O3)[SiH]1O2.[CH3-].[CH3-].[Pr].[Pr]. The second-order valence-corrected chi connectivity index (χ2v) is 31.8. The molecule has 13 heteroatoms. The quantitative estimate of drug-likeness (QED) is 0.249. The van der Waals surface area contributed by atoms with Crippen LogP contribution in [0.25, 0.3) is 0 Å². The zero-order chi connectivity index (χ0) is 9.00. The van der Waals surface area contributed by atoms with Gasteiger partial charge in [-0.1, -0.05) is 0 Å². The smallest absolute Gasteiger partial charge is 0.417 e. The van der Waals surface area contributed by atoms with Crippen molar-refractivity contribution in [2.24, 2.45) is 0 Å². The van der Waals surface area contributed by atoms with Crippen LogP contribution in [0.15, 0.2) is 0 Å². The molecular formula is C4H16O5Pr2Si6-2. The Labute approximate surface area is 180 Å². The summed E-state index contributed by atoms with van der Waals surface area (Å²) in [6, 6.07) is 0. The normalized spacial score (nSPS) is 39.2. The summed E-state index contributed by atoms with van der Waals surface area (Å²) in [5.74, 6) is 0. The summed E-state index contributed by atoms with van der Waals surface area (Å²) in [5.41, 5.74) is 0. The van der Waals surface area contributed by atoms with Gasteiger partial charge in [0, 0.05) is 82.6 Å². The number of rotatable bonds is 0. The molecular weight excluding hydrogens is 578 g/mol. The Hall–Kier alpha value is 3.83. The molecule has 0 N–H and O–H groups in total. The van der Waals surface area contributed by atoms with Crippen LogP contribution in [0.4, 0.5) is 0 Å². The average molecular weight is 594 g/mol. The van der Waals surface area contributed by atoms with E-state index in [1.807, 2.05) is 0 Å². The molecule has 3 fully saturated rings. The molecule has 0 aromatic rings. The van der Waals surface area contributed by atoms with Crippen LogP contribution in [0.5, 0.6) is 0 Å². The van der Waals surface area contributed by atoms with Gasteiger partial charge in [0.15, 0.2) is 33.3 Å². The molecule has 0 aromatic carbocycles. The van der Waals surface area contributed by atoms with Crippen molar-refractivity contribution in [3.05, 3.63) is 14.9 Å². The first-order valence-corrected chi connectivity index (χ1v) is 19.0. The maximum atomic E-state index is 5.91. The van der Waals surface area contributed by atoms with Gasteiger partial charge in [-0.25, -0.2) is 0 Å². The van der Waals surface area contributed by atoms with E-state index in [4.69, 9.17) is 20.6 Å².